The van der Waals surface area contributed by atoms with Gasteiger partial charge < -0.3 is 14.5 Å². The molecule has 0 unspecified atom stereocenters. The third-order valence-electron chi connectivity index (χ3n) is 6.62. The molecule has 0 spiro atoms. The lowest BCUT2D eigenvalue weighted by atomic mass is 9.89. The highest BCUT2D eigenvalue weighted by atomic mass is 19.1. The van der Waals surface area contributed by atoms with E-state index in [0.717, 1.165) is 22.7 Å². The van der Waals surface area contributed by atoms with Gasteiger partial charge in [0.15, 0.2) is 0 Å². The second-order valence-electron chi connectivity index (χ2n) is 9.14. The number of carbonyl (C=O) groups is 2. The number of halogens is 1. The Morgan fingerprint density at radius 1 is 0.838 bits per heavy atom. The van der Waals surface area contributed by atoms with Crippen LogP contribution in [-0.2, 0) is 4.79 Å². The molecule has 2 amide bonds. The number of nitrogens with zero attached hydrogens (tertiary/aromatic N) is 2. The number of benzene rings is 4. The van der Waals surface area contributed by atoms with E-state index in [4.69, 9.17) is 4.74 Å². The number of rotatable bonds is 5. The number of ether oxygens (including phenoxy) is 1. The first-order chi connectivity index (χ1) is 17.9. The molecule has 6 heteroatoms. The van der Waals surface area contributed by atoms with Crippen molar-refractivity contribution < 1.29 is 18.7 Å². The maximum Gasteiger partial charge on any atom is 0.258 e. The van der Waals surface area contributed by atoms with Crippen LogP contribution in [0, 0.1) is 5.82 Å². The lowest BCUT2D eigenvalue weighted by Gasteiger charge is -2.43. The minimum absolute atomic E-state index is 0.0953. The Morgan fingerprint density at radius 3 is 2.14 bits per heavy atom. The van der Waals surface area contributed by atoms with Crippen molar-refractivity contribution in [1.29, 1.82) is 0 Å². The van der Waals surface area contributed by atoms with Gasteiger partial charge in [0.1, 0.15) is 17.3 Å². The standard InChI is InChI=1S/C31H27FN2O3/c1-21-20-30(28-10-6-7-11-29(28)33(21)31(36)23-12-14-24(32)15-13-23)34(22(2)35)25-16-18-27(19-17-25)37-26-8-4-3-5-9-26/h3-19,21,30H,20H2,1-2H3/t21-,30+/m1/s1. The first-order valence-corrected chi connectivity index (χ1v) is 12.2. The summed E-state index contributed by atoms with van der Waals surface area (Å²) in [6.07, 6.45) is 0.547. The molecule has 0 aromatic heterocycles. The molecule has 0 N–H and O–H groups in total. The van der Waals surface area contributed by atoms with Crippen LogP contribution in [0.25, 0.3) is 0 Å². The summed E-state index contributed by atoms with van der Waals surface area (Å²) >= 11 is 0. The molecule has 1 heterocycles. The summed E-state index contributed by atoms with van der Waals surface area (Å²) in [7, 11) is 0. The Balaban J connectivity index is 1.47. The van der Waals surface area contributed by atoms with Gasteiger partial charge in [-0.1, -0.05) is 36.4 Å². The van der Waals surface area contributed by atoms with E-state index >= 15 is 0 Å². The highest BCUT2D eigenvalue weighted by Crippen LogP contribution is 2.43. The molecule has 0 saturated carbocycles. The fourth-order valence-corrected chi connectivity index (χ4v) is 4.95. The summed E-state index contributed by atoms with van der Waals surface area (Å²) in [6, 6.07) is 29.7. The Labute approximate surface area is 215 Å². The van der Waals surface area contributed by atoms with Crippen LogP contribution in [0.2, 0.25) is 0 Å². The van der Waals surface area contributed by atoms with Gasteiger partial charge in [-0.25, -0.2) is 4.39 Å². The average Bonchev–Trinajstić information content (AvgIpc) is 2.90. The van der Waals surface area contributed by atoms with E-state index < -0.39 is 0 Å². The number of hydrogen-bond donors (Lipinski definition) is 0. The SMILES string of the molecule is CC(=O)N(c1ccc(Oc2ccccc2)cc1)[C@H]1C[C@@H](C)N(C(=O)c2ccc(F)cc2)c2ccccc21. The van der Waals surface area contributed by atoms with Crippen molar-refractivity contribution in [1.82, 2.24) is 0 Å². The zero-order valence-electron chi connectivity index (χ0n) is 20.7. The van der Waals surface area contributed by atoms with Gasteiger partial charge in [0.25, 0.3) is 5.91 Å². The number of carbonyl (C=O) groups excluding carboxylic acids is 2. The molecule has 186 valence electrons. The second kappa shape index (κ2) is 10.3. The Morgan fingerprint density at radius 2 is 1.46 bits per heavy atom. The first-order valence-electron chi connectivity index (χ1n) is 12.2. The summed E-state index contributed by atoms with van der Waals surface area (Å²) in [5, 5.41) is 0. The fraction of sp³-hybridized carbons (Fsp3) is 0.161. The van der Waals surface area contributed by atoms with Gasteiger partial charge >= 0.3 is 0 Å². The topological polar surface area (TPSA) is 49.9 Å². The van der Waals surface area contributed by atoms with E-state index in [1.807, 2.05) is 85.8 Å². The van der Waals surface area contributed by atoms with Crippen LogP contribution in [0.1, 0.15) is 42.2 Å². The summed E-state index contributed by atoms with van der Waals surface area (Å²) < 4.78 is 19.4. The monoisotopic (exact) mass is 494 g/mol. The van der Waals surface area contributed by atoms with Gasteiger partial charge in [-0.05, 0) is 85.6 Å². The minimum Gasteiger partial charge on any atom is -0.457 e. The highest BCUT2D eigenvalue weighted by molar-refractivity contribution is 6.07. The van der Waals surface area contributed by atoms with Crippen molar-refractivity contribution >= 4 is 23.2 Å². The van der Waals surface area contributed by atoms with E-state index in [2.05, 4.69) is 0 Å². The van der Waals surface area contributed by atoms with Gasteiger partial charge in [0.05, 0.1) is 6.04 Å². The van der Waals surface area contributed by atoms with Crippen LogP contribution < -0.4 is 14.5 Å². The third-order valence-corrected chi connectivity index (χ3v) is 6.62. The van der Waals surface area contributed by atoms with Crippen molar-refractivity contribution in [3.8, 4) is 11.5 Å². The molecule has 2 atom stereocenters. The molecule has 5 rings (SSSR count). The van der Waals surface area contributed by atoms with Gasteiger partial charge in [-0.2, -0.15) is 0 Å². The van der Waals surface area contributed by atoms with Crippen molar-refractivity contribution in [2.75, 3.05) is 9.80 Å². The Hall–Kier alpha value is -4.45. The van der Waals surface area contributed by atoms with E-state index in [1.54, 1.807) is 16.7 Å². The van der Waals surface area contributed by atoms with Crippen LogP contribution in [-0.4, -0.2) is 17.9 Å². The molecular formula is C31H27FN2O3. The van der Waals surface area contributed by atoms with Crippen molar-refractivity contribution in [3.05, 3.63) is 120 Å². The average molecular weight is 495 g/mol. The van der Waals surface area contributed by atoms with E-state index in [0.29, 0.717) is 17.7 Å². The summed E-state index contributed by atoms with van der Waals surface area (Å²) in [6.45, 7) is 3.52. The largest absolute Gasteiger partial charge is 0.457 e. The number of anilines is 2. The molecule has 0 bridgehead atoms. The van der Waals surface area contributed by atoms with Crippen LogP contribution >= 0.6 is 0 Å². The normalized spacial score (nSPS) is 16.6. The predicted octanol–water partition coefficient (Wildman–Crippen LogP) is 7.15. The van der Waals surface area contributed by atoms with E-state index in [9.17, 15) is 14.0 Å². The lowest BCUT2D eigenvalue weighted by Crippen LogP contribution is -2.47. The molecular weight excluding hydrogens is 467 g/mol. The summed E-state index contributed by atoms with van der Waals surface area (Å²) in [5.74, 6) is 0.727. The molecule has 0 fully saturated rings. The molecule has 5 nitrogen and oxygen atoms in total. The summed E-state index contributed by atoms with van der Waals surface area (Å²) in [4.78, 5) is 30.0. The van der Waals surface area contributed by atoms with Gasteiger partial charge in [0, 0.05) is 29.9 Å². The fourth-order valence-electron chi connectivity index (χ4n) is 4.95. The molecule has 1 aliphatic heterocycles. The molecule has 0 radical (unpaired) electrons. The zero-order chi connectivity index (χ0) is 25.9. The van der Waals surface area contributed by atoms with E-state index in [1.165, 1.54) is 24.3 Å². The van der Waals surface area contributed by atoms with Gasteiger partial charge in [0.2, 0.25) is 5.91 Å². The van der Waals surface area contributed by atoms with Crippen molar-refractivity contribution in [2.24, 2.45) is 0 Å². The number of fused-ring (bicyclic) bond motifs is 1. The smallest absolute Gasteiger partial charge is 0.258 e. The Bertz CT molecular complexity index is 1400. The predicted molar refractivity (Wildman–Crippen MR) is 143 cm³/mol. The molecule has 0 aliphatic carbocycles. The van der Waals surface area contributed by atoms with Crippen molar-refractivity contribution in [2.45, 2.75) is 32.4 Å². The summed E-state index contributed by atoms with van der Waals surface area (Å²) in [5.41, 5.74) is 2.80. The molecule has 37 heavy (non-hydrogen) atoms. The zero-order valence-corrected chi connectivity index (χ0v) is 20.7. The maximum absolute atomic E-state index is 13.5. The van der Waals surface area contributed by atoms with Crippen LogP contribution in [0.3, 0.4) is 0 Å². The van der Waals surface area contributed by atoms with E-state index in [-0.39, 0.29) is 29.7 Å². The third kappa shape index (κ3) is 4.96. The number of para-hydroxylation sites is 2. The molecule has 4 aromatic rings. The number of hydrogen-bond acceptors (Lipinski definition) is 3. The van der Waals surface area contributed by atoms with Crippen LogP contribution in [0.4, 0.5) is 15.8 Å². The van der Waals surface area contributed by atoms with Crippen LogP contribution in [0.15, 0.2) is 103 Å². The van der Waals surface area contributed by atoms with Gasteiger partial charge in [-0.3, -0.25) is 9.59 Å². The molecule has 4 aromatic carbocycles. The van der Waals surface area contributed by atoms with Crippen LogP contribution in [0.5, 0.6) is 11.5 Å². The lowest BCUT2D eigenvalue weighted by molar-refractivity contribution is -0.117. The molecule has 1 aliphatic rings. The van der Waals surface area contributed by atoms with Gasteiger partial charge in [-0.15, -0.1) is 0 Å². The maximum atomic E-state index is 13.5. The quantitative estimate of drug-likeness (QED) is 0.296. The Kier molecular flexibility index (Phi) is 6.73. The van der Waals surface area contributed by atoms with Crippen molar-refractivity contribution in [3.63, 3.8) is 0 Å². The first kappa shape index (κ1) is 24.3. The minimum atomic E-state index is -0.388. The highest BCUT2D eigenvalue weighted by Gasteiger charge is 2.38. The molecule has 0 saturated heterocycles. The number of amides is 2. The second-order valence-corrected chi connectivity index (χ2v) is 9.14.